The van der Waals surface area contributed by atoms with Gasteiger partial charge in [-0.05, 0) is 26.2 Å². The van der Waals surface area contributed by atoms with Crippen LogP contribution in [0.3, 0.4) is 0 Å². The minimum atomic E-state index is -3.96. The molecule has 0 aliphatic carbocycles. The number of unbranched alkanes of at least 4 members (excludes halogenated alkanes) is 2. The van der Waals surface area contributed by atoms with Crippen LogP contribution in [0.2, 0.25) is 0 Å². The zero-order valence-electron chi connectivity index (χ0n) is 14.7. The van der Waals surface area contributed by atoms with Gasteiger partial charge in [0.15, 0.2) is 0 Å². The smallest absolute Gasteiger partial charge is 0.462 e. The lowest BCUT2D eigenvalue weighted by atomic mass is 10.2. The van der Waals surface area contributed by atoms with E-state index in [1.165, 1.54) is 0 Å². The Morgan fingerprint density at radius 1 is 1.04 bits per heavy atom. The fourth-order valence-electron chi connectivity index (χ4n) is 1.60. The van der Waals surface area contributed by atoms with Crippen molar-refractivity contribution in [2.24, 2.45) is 0 Å². The van der Waals surface area contributed by atoms with Crippen LogP contribution in [0.4, 0.5) is 0 Å². The maximum Gasteiger partial charge on any atom is 0.472 e. The molecule has 0 aromatic carbocycles. The largest absolute Gasteiger partial charge is 0.472 e. The molecule has 1 atom stereocenters. The Bertz CT molecular complexity index is 419. The highest BCUT2D eigenvalue weighted by Gasteiger charge is 2.20. The van der Waals surface area contributed by atoms with Gasteiger partial charge in [0, 0.05) is 12.0 Å². The molecular formula is C15H31NO6P+. The van der Waals surface area contributed by atoms with Crippen LogP contribution in [-0.4, -0.2) is 62.9 Å². The third-order valence-corrected chi connectivity index (χ3v) is 3.87. The normalized spacial score (nSPS) is 14.3. The number of esters is 1. The second-order valence-corrected chi connectivity index (χ2v) is 7.93. The lowest BCUT2D eigenvalue weighted by Crippen LogP contribution is -2.35. The highest BCUT2D eigenvalue weighted by atomic mass is 31.2. The number of carbonyl (C=O) groups is 1. The monoisotopic (exact) mass is 352 g/mol. The Kier molecular flexibility index (Phi) is 10.6. The molecule has 0 aromatic heterocycles. The Balaban J connectivity index is 3.61. The molecule has 0 aliphatic heterocycles. The summed E-state index contributed by atoms with van der Waals surface area (Å²) in [7, 11) is 2.17. The first-order valence-electron chi connectivity index (χ1n) is 7.78. The highest BCUT2D eigenvalue weighted by molar-refractivity contribution is 7.47. The molecule has 23 heavy (non-hydrogen) atoms. The number of carbonyl (C=O) groups excluding carboxylic acids is 1. The molecule has 0 bridgehead atoms. The second-order valence-electron chi connectivity index (χ2n) is 6.48. The van der Waals surface area contributed by atoms with E-state index < -0.39 is 13.8 Å². The van der Waals surface area contributed by atoms with Gasteiger partial charge in [-0.25, -0.2) is 9.36 Å². The fraction of sp³-hybridized carbons (Fsp3) is 0.800. The van der Waals surface area contributed by atoms with Crippen LogP contribution in [0.15, 0.2) is 12.2 Å². The highest BCUT2D eigenvalue weighted by Crippen LogP contribution is 2.43. The minimum absolute atomic E-state index is 0.136. The molecule has 1 unspecified atom stereocenters. The van der Waals surface area contributed by atoms with Crippen molar-refractivity contribution in [1.29, 1.82) is 0 Å². The van der Waals surface area contributed by atoms with E-state index in [9.17, 15) is 14.3 Å². The third-order valence-electron chi connectivity index (χ3n) is 2.85. The van der Waals surface area contributed by atoms with Gasteiger partial charge in [0.1, 0.15) is 0 Å². The van der Waals surface area contributed by atoms with Gasteiger partial charge in [0.05, 0.1) is 47.5 Å². The van der Waals surface area contributed by atoms with Gasteiger partial charge in [0.25, 0.3) is 0 Å². The Morgan fingerprint density at radius 2 is 1.57 bits per heavy atom. The maximum atomic E-state index is 11.6. The number of phosphoric ester groups is 1. The van der Waals surface area contributed by atoms with Crippen LogP contribution in [0.5, 0.6) is 0 Å². The van der Waals surface area contributed by atoms with Crippen molar-refractivity contribution in [3.8, 4) is 0 Å². The molecule has 0 rings (SSSR count). The van der Waals surface area contributed by atoms with E-state index in [4.69, 9.17) is 13.8 Å². The summed E-state index contributed by atoms with van der Waals surface area (Å²) in [5.74, 6) is -0.400. The van der Waals surface area contributed by atoms with E-state index in [-0.39, 0.29) is 13.2 Å². The first-order chi connectivity index (χ1) is 10.5. The lowest BCUT2D eigenvalue weighted by Gasteiger charge is -2.23. The number of hydrogen-bond acceptors (Lipinski definition) is 5. The topological polar surface area (TPSA) is 82.1 Å². The van der Waals surface area contributed by atoms with E-state index in [0.717, 1.165) is 17.4 Å². The summed E-state index contributed by atoms with van der Waals surface area (Å²) in [6.07, 6.45) is 2.68. The lowest BCUT2D eigenvalue weighted by molar-refractivity contribution is -0.870. The zero-order valence-corrected chi connectivity index (χ0v) is 15.6. The number of rotatable bonds is 13. The van der Waals surface area contributed by atoms with Gasteiger partial charge in [0.2, 0.25) is 0 Å². The van der Waals surface area contributed by atoms with E-state index in [1.807, 2.05) is 21.1 Å². The maximum absolute atomic E-state index is 11.6. The van der Waals surface area contributed by atoms with E-state index in [0.29, 0.717) is 31.4 Å². The number of nitrogens with zero attached hydrogens (tertiary/aromatic N) is 1. The molecule has 0 saturated heterocycles. The molecule has 7 nitrogen and oxygen atoms in total. The van der Waals surface area contributed by atoms with Crippen LogP contribution < -0.4 is 0 Å². The number of ether oxygens (including phenoxy) is 1. The second kappa shape index (κ2) is 10.9. The molecule has 0 radical (unpaired) electrons. The summed E-state index contributed by atoms with van der Waals surface area (Å²) < 4.78 is 27.1. The first-order valence-corrected chi connectivity index (χ1v) is 9.28. The molecule has 0 amide bonds. The van der Waals surface area contributed by atoms with Gasteiger partial charge in [-0.2, -0.15) is 0 Å². The minimum Gasteiger partial charge on any atom is -0.462 e. The third kappa shape index (κ3) is 14.6. The van der Waals surface area contributed by atoms with Gasteiger partial charge >= 0.3 is 13.8 Å². The van der Waals surface area contributed by atoms with Gasteiger partial charge < -0.3 is 14.1 Å². The van der Waals surface area contributed by atoms with Crippen molar-refractivity contribution >= 4 is 13.8 Å². The van der Waals surface area contributed by atoms with Crippen molar-refractivity contribution in [3.63, 3.8) is 0 Å². The zero-order chi connectivity index (χ0) is 17.9. The van der Waals surface area contributed by atoms with Crippen LogP contribution >= 0.6 is 7.82 Å². The SMILES string of the molecule is C=C(C)C(=O)OCCCCCOP(=O)(O)OCCC[N+](C)(C)C. The number of phosphoric acid groups is 1. The van der Waals surface area contributed by atoms with Crippen molar-refractivity contribution in [2.45, 2.75) is 32.6 Å². The number of hydrogen-bond donors (Lipinski definition) is 1. The summed E-state index contributed by atoms with van der Waals surface area (Å²) in [5, 5.41) is 0. The first kappa shape index (κ1) is 22.3. The van der Waals surface area contributed by atoms with E-state index in [1.54, 1.807) is 6.92 Å². The van der Waals surface area contributed by atoms with Crippen molar-refractivity contribution in [1.82, 2.24) is 0 Å². The van der Waals surface area contributed by atoms with Crippen molar-refractivity contribution in [3.05, 3.63) is 12.2 Å². The quantitative estimate of drug-likeness (QED) is 0.180. The van der Waals surface area contributed by atoms with Crippen LogP contribution in [0, 0.1) is 0 Å². The molecule has 0 heterocycles. The van der Waals surface area contributed by atoms with Gasteiger partial charge in [-0.3, -0.25) is 9.05 Å². The van der Waals surface area contributed by atoms with Crippen LogP contribution in [-0.2, 0) is 23.1 Å². The predicted octanol–water partition coefficient (Wildman–Crippen LogP) is 2.51. The Morgan fingerprint density at radius 3 is 2.09 bits per heavy atom. The molecule has 136 valence electrons. The molecule has 0 spiro atoms. The summed E-state index contributed by atoms with van der Waals surface area (Å²) in [5.41, 5.74) is 0.372. The molecule has 0 aliphatic rings. The van der Waals surface area contributed by atoms with Crippen LogP contribution in [0.25, 0.3) is 0 Å². The predicted molar refractivity (Wildman–Crippen MR) is 88.9 cm³/mol. The summed E-state index contributed by atoms with van der Waals surface area (Å²) >= 11 is 0. The average Bonchev–Trinajstić information content (AvgIpc) is 2.41. The van der Waals surface area contributed by atoms with Gasteiger partial charge in [-0.15, -0.1) is 0 Å². The summed E-state index contributed by atoms with van der Waals surface area (Å²) in [4.78, 5) is 20.6. The molecule has 1 N–H and O–H groups in total. The van der Waals surface area contributed by atoms with Gasteiger partial charge in [-0.1, -0.05) is 6.58 Å². The average molecular weight is 352 g/mol. The molecule has 0 saturated carbocycles. The standard InChI is InChI=1S/C15H30NO6P/c1-14(2)15(17)20-11-7-6-8-12-21-23(18,19)22-13-9-10-16(3,4)5/h1,6-13H2,2-5H3/p+1. The van der Waals surface area contributed by atoms with Crippen molar-refractivity contribution < 1.29 is 32.5 Å². The van der Waals surface area contributed by atoms with Crippen LogP contribution in [0.1, 0.15) is 32.6 Å². The molecule has 8 heteroatoms. The summed E-state index contributed by atoms with van der Waals surface area (Å²) in [6, 6.07) is 0. The Hall–Kier alpha value is -0.720. The molecule has 0 fully saturated rings. The summed E-state index contributed by atoms with van der Waals surface area (Å²) in [6.45, 7) is 6.57. The molecule has 0 aromatic rings. The van der Waals surface area contributed by atoms with E-state index in [2.05, 4.69) is 6.58 Å². The fourth-order valence-corrected chi connectivity index (χ4v) is 2.40. The van der Waals surface area contributed by atoms with E-state index >= 15 is 0 Å². The number of quaternary nitrogens is 1. The Labute approximate surface area is 139 Å². The van der Waals surface area contributed by atoms with Crippen molar-refractivity contribution in [2.75, 3.05) is 47.5 Å². The molecular weight excluding hydrogens is 321 g/mol.